The number of ether oxygens (including phenoxy) is 1. The summed E-state index contributed by atoms with van der Waals surface area (Å²) in [5.41, 5.74) is 3.67. The first kappa shape index (κ1) is 18.4. The second-order valence-corrected chi connectivity index (χ2v) is 5.83. The Hall–Kier alpha value is -2.89. The number of carbonyl (C=O) groups excluding carboxylic acids is 2. The van der Waals surface area contributed by atoms with Crippen LogP contribution in [0.1, 0.15) is 12.5 Å². The molecule has 0 atom stereocenters. The van der Waals surface area contributed by atoms with Gasteiger partial charge in [-0.05, 0) is 35.7 Å². The van der Waals surface area contributed by atoms with Crippen LogP contribution in [0.3, 0.4) is 0 Å². The molecule has 0 amide bonds. The van der Waals surface area contributed by atoms with E-state index in [0.29, 0.717) is 6.61 Å². The van der Waals surface area contributed by atoms with E-state index in [1.54, 1.807) is 18.0 Å². The molecule has 0 aliphatic heterocycles. The minimum absolute atomic E-state index is 0.250. The summed E-state index contributed by atoms with van der Waals surface area (Å²) in [6, 6.07) is 16.8. The van der Waals surface area contributed by atoms with Gasteiger partial charge in [-0.3, -0.25) is 0 Å². The SMILES string of the molecule is CCOc1ccc(-c2ccc(CSc3cn[nH]n3)cc2)cc1.O=C=O. The molecular weight excluding hydrogens is 338 g/mol. The molecule has 0 unspecified atom stereocenters. The summed E-state index contributed by atoms with van der Waals surface area (Å²) in [5.74, 6) is 1.79. The molecule has 3 rings (SSSR count). The zero-order chi connectivity index (χ0) is 17.9. The highest BCUT2D eigenvalue weighted by Crippen LogP contribution is 2.25. The molecule has 0 spiro atoms. The lowest BCUT2D eigenvalue weighted by molar-refractivity contribution is -0.191. The monoisotopic (exact) mass is 355 g/mol. The Morgan fingerprint density at radius 3 is 2.16 bits per heavy atom. The van der Waals surface area contributed by atoms with Crippen molar-refractivity contribution in [3.05, 3.63) is 60.3 Å². The number of hydrogen-bond acceptors (Lipinski definition) is 6. The van der Waals surface area contributed by atoms with Crippen LogP contribution in [0.4, 0.5) is 0 Å². The highest BCUT2D eigenvalue weighted by atomic mass is 32.2. The van der Waals surface area contributed by atoms with Crippen LogP contribution in [0, 0.1) is 0 Å². The number of benzene rings is 2. The highest BCUT2D eigenvalue weighted by Gasteiger charge is 2.01. The Kier molecular flexibility index (Phi) is 7.43. The van der Waals surface area contributed by atoms with E-state index in [0.717, 1.165) is 16.5 Å². The molecule has 0 fully saturated rings. The van der Waals surface area contributed by atoms with Crippen molar-refractivity contribution in [2.75, 3.05) is 6.61 Å². The van der Waals surface area contributed by atoms with Crippen LogP contribution in [0.2, 0.25) is 0 Å². The molecule has 25 heavy (non-hydrogen) atoms. The van der Waals surface area contributed by atoms with Gasteiger partial charge in [0, 0.05) is 5.75 Å². The molecule has 0 bridgehead atoms. The fourth-order valence-electron chi connectivity index (χ4n) is 2.12. The van der Waals surface area contributed by atoms with Gasteiger partial charge in [0.1, 0.15) is 10.8 Å². The van der Waals surface area contributed by atoms with Gasteiger partial charge in [0.25, 0.3) is 0 Å². The molecule has 0 radical (unpaired) electrons. The van der Waals surface area contributed by atoms with E-state index in [9.17, 15) is 0 Å². The third kappa shape index (κ3) is 5.91. The average molecular weight is 355 g/mol. The Morgan fingerprint density at radius 2 is 1.64 bits per heavy atom. The van der Waals surface area contributed by atoms with E-state index in [2.05, 4.69) is 51.8 Å². The summed E-state index contributed by atoms with van der Waals surface area (Å²) in [6.45, 7) is 2.68. The second-order valence-electron chi connectivity index (χ2n) is 4.83. The number of aromatic amines is 1. The largest absolute Gasteiger partial charge is 0.494 e. The van der Waals surface area contributed by atoms with Crippen LogP contribution in [0.25, 0.3) is 11.1 Å². The fraction of sp³-hybridized carbons (Fsp3) is 0.167. The van der Waals surface area contributed by atoms with Crippen LogP contribution in [-0.2, 0) is 15.3 Å². The first-order valence-electron chi connectivity index (χ1n) is 7.56. The van der Waals surface area contributed by atoms with Gasteiger partial charge in [-0.15, -0.1) is 5.10 Å². The van der Waals surface area contributed by atoms with Crippen molar-refractivity contribution in [1.82, 2.24) is 15.4 Å². The van der Waals surface area contributed by atoms with Crippen molar-refractivity contribution in [2.45, 2.75) is 17.7 Å². The summed E-state index contributed by atoms with van der Waals surface area (Å²) in [5, 5.41) is 11.4. The number of hydrogen-bond donors (Lipinski definition) is 1. The summed E-state index contributed by atoms with van der Waals surface area (Å²) in [4.78, 5) is 16.2. The van der Waals surface area contributed by atoms with Gasteiger partial charge in [-0.2, -0.15) is 19.9 Å². The standard InChI is InChI=1S/C17H17N3OS.CO2/c1-2-21-16-9-7-15(8-10-16)14-5-3-13(4-6-14)12-22-17-11-18-20-19-17;2-1-3/h3-11H,2,12H2,1H3,(H,18,19,20);. The summed E-state index contributed by atoms with van der Waals surface area (Å²) >= 11 is 1.67. The lowest BCUT2D eigenvalue weighted by Crippen LogP contribution is -1.90. The Morgan fingerprint density at radius 1 is 1.04 bits per heavy atom. The summed E-state index contributed by atoms with van der Waals surface area (Å²) in [6.07, 6.45) is 1.99. The summed E-state index contributed by atoms with van der Waals surface area (Å²) in [7, 11) is 0. The maximum absolute atomic E-state index is 8.12. The van der Waals surface area contributed by atoms with Gasteiger partial charge < -0.3 is 4.74 Å². The lowest BCUT2D eigenvalue weighted by atomic mass is 10.0. The molecule has 3 aromatic rings. The molecule has 0 saturated heterocycles. The maximum atomic E-state index is 8.12. The quantitative estimate of drug-likeness (QED) is 0.680. The predicted octanol–water partition coefficient (Wildman–Crippen LogP) is 3.58. The normalized spacial score (nSPS) is 9.64. The molecule has 1 aromatic heterocycles. The molecule has 128 valence electrons. The zero-order valence-electron chi connectivity index (χ0n) is 13.6. The maximum Gasteiger partial charge on any atom is 0.373 e. The molecule has 1 heterocycles. The molecule has 0 aliphatic rings. The van der Waals surface area contributed by atoms with Gasteiger partial charge >= 0.3 is 6.15 Å². The van der Waals surface area contributed by atoms with Crippen molar-refractivity contribution >= 4 is 17.9 Å². The van der Waals surface area contributed by atoms with Crippen molar-refractivity contribution in [2.24, 2.45) is 0 Å². The Labute approximate surface area is 149 Å². The molecule has 0 saturated carbocycles. The van der Waals surface area contributed by atoms with Crippen LogP contribution in [0.15, 0.2) is 59.8 Å². The summed E-state index contributed by atoms with van der Waals surface area (Å²) < 4.78 is 5.47. The van der Waals surface area contributed by atoms with Crippen LogP contribution in [-0.4, -0.2) is 28.2 Å². The van der Waals surface area contributed by atoms with Crippen LogP contribution in [0.5, 0.6) is 5.75 Å². The number of rotatable bonds is 6. The second kappa shape index (κ2) is 10.1. The topological polar surface area (TPSA) is 84.9 Å². The van der Waals surface area contributed by atoms with E-state index >= 15 is 0 Å². The van der Waals surface area contributed by atoms with Gasteiger partial charge in [0.05, 0.1) is 12.8 Å². The number of H-pyrrole nitrogens is 1. The third-order valence-corrected chi connectivity index (χ3v) is 4.20. The number of thioether (sulfide) groups is 1. The van der Waals surface area contributed by atoms with Gasteiger partial charge in [-0.25, -0.2) is 0 Å². The van der Waals surface area contributed by atoms with Crippen molar-refractivity contribution in [1.29, 1.82) is 0 Å². The van der Waals surface area contributed by atoms with Gasteiger partial charge in [0.2, 0.25) is 0 Å². The third-order valence-electron chi connectivity index (χ3n) is 3.23. The van der Waals surface area contributed by atoms with E-state index in [-0.39, 0.29) is 6.15 Å². The molecule has 1 N–H and O–H groups in total. The minimum atomic E-state index is 0.250. The first-order valence-corrected chi connectivity index (χ1v) is 8.55. The number of nitrogens with zero attached hydrogens (tertiary/aromatic N) is 2. The molecular formula is C18H17N3O3S. The lowest BCUT2D eigenvalue weighted by Gasteiger charge is -2.06. The smallest absolute Gasteiger partial charge is 0.373 e. The average Bonchev–Trinajstić information content (AvgIpc) is 3.16. The molecule has 6 nitrogen and oxygen atoms in total. The van der Waals surface area contributed by atoms with Gasteiger partial charge in [-0.1, -0.05) is 48.2 Å². The van der Waals surface area contributed by atoms with E-state index < -0.39 is 0 Å². The number of nitrogens with one attached hydrogen (secondary N) is 1. The van der Waals surface area contributed by atoms with Crippen molar-refractivity contribution in [3.63, 3.8) is 0 Å². The Bertz CT molecular complexity index is 781. The van der Waals surface area contributed by atoms with E-state index in [1.807, 2.05) is 19.1 Å². The van der Waals surface area contributed by atoms with Crippen LogP contribution < -0.4 is 4.74 Å². The van der Waals surface area contributed by atoms with Crippen molar-refractivity contribution in [3.8, 4) is 16.9 Å². The number of aromatic nitrogens is 3. The highest BCUT2D eigenvalue weighted by molar-refractivity contribution is 7.98. The van der Waals surface area contributed by atoms with Crippen LogP contribution >= 0.6 is 11.8 Å². The predicted molar refractivity (Wildman–Crippen MR) is 94.0 cm³/mol. The van der Waals surface area contributed by atoms with Gasteiger partial charge in [0.15, 0.2) is 0 Å². The Balaban J connectivity index is 0.000000701. The van der Waals surface area contributed by atoms with E-state index in [4.69, 9.17) is 14.3 Å². The molecule has 0 aliphatic carbocycles. The fourth-order valence-corrected chi connectivity index (χ4v) is 2.86. The minimum Gasteiger partial charge on any atom is -0.494 e. The first-order chi connectivity index (χ1) is 12.3. The molecule has 2 aromatic carbocycles. The zero-order valence-corrected chi connectivity index (χ0v) is 14.5. The molecule has 7 heteroatoms. The van der Waals surface area contributed by atoms with E-state index in [1.165, 1.54) is 16.7 Å². The van der Waals surface area contributed by atoms with Crippen molar-refractivity contribution < 1.29 is 14.3 Å².